The number of unbranched alkanes of at least 4 members (excludes halogenated alkanes) is 4. The molecule has 16 nitrogen and oxygen atoms in total. The predicted molar refractivity (Wildman–Crippen MR) is 424 cm³/mol. The molecule has 4 amide bonds. The number of carbonyl (C=O) groups is 5. The number of aryl methyl sites for hydroxylation is 2. The van der Waals surface area contributed by atoms with Crippen molar-refractivity contribution in [1.29, 1.82) is 0 Å². The minimum absolute atomic E-state index is 0.0235. The lowest BCUT2D eigenvalue weighted by atomic mass is 9.75. The molecule has 0 spiro atoms. The van der Waals surface area contributed by atoms with Crippen molar-refractivity contribution in [3.63, 3.8) is 0 Å². The highest BCUT2D eigenvalue weighted by atomic mass is 16.5. The van der Waals surface area contributed by atoms with Crippen LogP contribution in [0.4, 0.5) is 22.7 Å². The molecule has 105 heavy (non-hydrogen) atoms. The van der Waals surface area contributed by atoms with Crippen LogP contribution in [0.1, 0.15) is 223 Å². The minimum Gasteiger partial charge on any atom is -0.461 e. The maximum Gasteiger partial charge on any atom is 0.306 e. The zero-order valence-corrected chi connectivity index (χ0v) is 62.0. The van der Waals surface area contributed by atoms with Gasteiger partial charge in [-0.1, -0.05) is 197 Å². The zero-order valence-electron chi connectivity index (χ0n) is 62.0. The number of rotatable bonds is 22. The first-order valence-electron chi connectivity index (χ1n) is 38.9. The van der Waals surface area contributed by atoms with Crippen molar-refractivity contribution >= 4 is 98.2 Å². The fourth-order valence-electron chi connectivity index (χ4n) is 17.1. The molecular weight excluding hydrogens is 1310 g/mol. The lowest BCUT2D eigenvalue weighted by Crippen LogP contribution is -2.35. The molecular formula is C89H102N10O6. The van der Waals surface area contributed by atoms with E-state index in [0.29, 0.717) is 107 Å². The second-order valence-corrected chi connectivity index (χ2v) is 31.6. The van der Waals surface area contributed by atoms with E-state index in [1.54, 1.807) is 0 Å². The Morgan fingerprint density at radius 3 is 1.17 bits per heavy atom. The van der Waals surface area contributed by atoms with Gasteiger partial charge in [-0.25, -0.2) is 15.0 Å². The van der Waals surface area contributed by atoms with Crippen molar-refractivity contribution in [3.8, 4) is 44.5 Å². The fourth-order valence-corrected chi connectivity index (χ4v) is 17.1. The molecule has 4 aromatic heterocycles. The van der Waals surface area contributed by atoms with Crippen LogP contribution < -0.4 is 21.3 Å². The smallest absolute Gasteiger partial charge is 0.306 e. The number of carbonyl (C=O) groups excluding carboxylic acids is 5. The molecule has 4 aliphatic carbocycles. The predicted octanol–water partition coefficient (Wildman–Crippen LogP) is 21.4. The lowest BCUT2D eigenvalue weighted by molar-refractivity contribution is -0.142. The van der Waals surface area contributed by atoms with E-state index in [9.17, 15) is 19.2 Å². The summed E-state index contributed by atoms with van der Waals surface area (Å²) in [4.78, 5) is 97.9. The van der Waals surface area contributed by atoms with E-state index in [-0.39, 0.29) is 42.6 Å². The number of H-pyrrole nitrogens is 2. The molecule has 8 aromatic rings. The summed E-state index contributed by atoms with van der Waals surface area (Å²) < 4.78 is 8.67. The Hall–Kier alpha value is -9.96. The molecule has 14 rings (SSSR count). The summed E-state index contributed by atoms with van der Waals surface area (Å²) in [6.45, 7) is 11.1. The average Bonchev–Trinajstić information content (AvgIpc) is 1.62. The number of hydrogen-bond acceptors (Lipinski definition) is 9. The van der Waals surface area contributed by atoms with Gasteiger partial charge in [0, 0.05) is 142 Å². The lowest BCUT2D eigenvalue weighted by Gasteiger charge is -2.32. The Kier molecular flexibility index (Phi) is 21.5. The maximum absolute atomic E-state index is 15.0. The van der Waals surface area contributed by atoms with Crippen molar-refractivity contribution in [1.82, 2.24) is 29.5 Å². The normalized spacial score (nSPS) is 17.2. The standard InChI is InChI=1S/C89H102N10O6/c1-59-90-54-56-99(59)55-30-8-6-7-13-39-76(100)105-58-60-57-75-79(63-33-16-20-37-67(63)97-84(103)88(4)50-26-11-27-51-88)73-43-42-71(92-73)77(61-31-14-18-35-65(61)95-82(101)86(2)46-22-9-23-47-86)69-40-41-70(91-69)78(62-32-15-19-36-66(62)96-83(102)87(3)48-24-10-25-49-87)72-44-45-74(93-72)80(81(60)94-75)64-34-17-21-38-68(64)98-85(104)89(5)52-28-12-29-53-89/h14-21,31-38,40-45,54,56-57,92-93H,6-13,22-30,39,46-53,55,58H2,1-5H3,(H,95,101)(H,96,102)(H,97,103)(H,98,104). The van der Waals surface area contributed by atoms with Crippen LogP contribution in [0.2, 0.25) is 0 Å². The summed E-state index contributed by atoms with van der Waals surface area (Å²) in [6, 6.07) is 39.9. The molecule has 0 atom stereocenters. The monoisotopic (exact) mass is 1410 g/mol. The Morgan fingerprint density at radius 1 is 0.429 bits per heavy atom. The van der Waals surface area contributed by atoms with Crippen LogP contribution in [0.5, 0.6) is 0 Å². The van der Waals surface area contributed by atoms with Crippen LogP contribution >= 0.6 is 0 Å². The number of anilines is 4. The Labute approximate surface area is 617 Å². The highest BCUT2D eigenvalue weighted by molar-refractivity contribution is 6.10. The van der Waals surface area contributed by atoms with Gasteiger partial charge in [0.1, 0.15) is 12.4 Å². The number of fused-ring (bicyclic) bond motifs is 8. The molecule has 16 heteroatoms. The van der Waals surface area contributed by atoms with Crippen LogP contribution in [0, 0.1) is 28.6 Å². The number of benzene rings is 4. The third kappa shape index (κ3) is 15.6. The van der Waals surface area contributed by atoms with Gasteiger partial charge in [-0.15, -0.1) is 0 Å². The summed E-state index contributed by atoms with van der Waals surface area (Å²) in [5.74, 6) is 0.528. The van der Waals surface area contributed by atoms with Crippen LogP contribution in [0.3, 0.4) is 0 Å². The first-order chi connectivity index (χ1) is 51.0. The number of imidazole rings is 1. The van der Waals surface area contributed by atoms with E-state index in [1.807, 2.05) is 153 Å². The fraction of sp³-hybridized carbons (Fsp3) is 0.416. The molecule has 4 aromatic carbocycles. The van der Waals surface area contributed by atoms with E-state index < -0.39 is 21.7 Å². The van der Waals surface area contributed by atoms with Gasteiger partial charge in [0.25, 0.3) is 0 Å². The third-order valence-electron chi connectivity index (χ3n) is 23.8. The van der Waals surface area contributed by atoms with Gasteiger partial charge in [-0.3, -0.25) is 24.0 Å². The molecule has 6 aliphatic rings. The summed E-state index contributed by atoms with van der Waals surface area (Å²) in [6.07, 6.45) is 33.2. The number of amides is 4. The van der Waals surface area contributed by atoms with Crippen molar-refractivity contribution in [2.45, 2.75) is 208 Å². The molecule has 6 N–H and O–H groups in total. The maximum atomic E-state index is 15.0. The quantitative estimate of drug-likeness (QED) is 0.0280. The summed E-state index contributed by atoms with van der Waals surface area (Å²) >= 11 is 0. The van der Waals surface area contributed by atoms with Crippen molar-refractivity contribution < 1.29 is 28.7 Å². The molecule has 2 aliphatic heterocycles. The van der Waals surface area contributed by atoms with Gasteiger partial charge in [0.05, 0.1) is 22.8 Å². The van der Waals surface area contributed by atoms with Crippen molar-refractivity contribution in [2.75, 3.05) is 27.9 Å². The Bertz CT molecular complexity index is 4830. The van der Waals surface area contributed by atoms with Crippen LogP contribution in [0.25, 0.3) is 90.4 Å². The second-order valence-electron chi connectivity index (χ2n) is 31.6. The molecule has 8 bridgehead atoms. The van der Waals surface area contributed by atoms with Crippen molar-refractivity contribution in [3.05, 3.63) is 162 Å². The number of aromatic nitrogens is 6. The van der Waals surface area contributed by atoms with Crippen molar-refractivity contribution in [2.24, 2.45) is 21.7 Å². The summed E-state index contributed by atoms with van der Waals surface area (Å²) in [5, 5.41) is 13.8. The number of aromatic amines is 2. The molecule has 0 saturated heterocycles. The number of esters is 1. The molecule has 4 fully saturated rings. The van der Waals surface area contributed by atoms with E-state index in [4.69, 9.17) is 14.7 Å². The Balaban J connectivity index is 1.02. The van der Waals surface area contributed by atoms with Gasteiger partial charge in [-0.05, 0) is 138 Å². The van der Waals surface area contributed by atoms with Gasteiger partial charge < -0.3 is 40.5 Å². The molecule has 0 radical (unpaired) electrons. The van der Waals surface area contributed by atoms with Gasteiger partial charge >= 0.3 is 5.97 Å². The molecule has 4 saturated carbocycles. The Morgan fingerprint density at radius 2 is 0.781 bits per heavy atom. The van der Waals surface area contributed by atoms with E-state index in [1.165, 1.54) is 0 Å². The van der Waals surface area contributed by atoms with Crippen LogP contribution in [-0.4, -0.2) is 65.7 Å². The van der Waals surface area contributed by atoms with Gasteiger partial charge in [0.15, 0.2) is 0 Å². The van der Waals surface area contributed by atoms with Crippen LogP contribution in [-0.2, 0) is 35.3 Å². The molecule has 544 valence electrons. The number of nitrogens with one attached hydrogen (secondary N) is 6. The van der Waals surface area contributed by atoms with Crippen LogP contribution in [0.15, 0.2) is 134 Å². The van der Waals surface area contributed by atoms with Gasteiger partial charge in [0.2, 0.25) is 23.6 Å². The highest BCUT2D eigenvalue weighted by Gasteiger charge is 2.39. The summed E-state index contributed by atoms with van der Waals surface area (Å²) in [7, 11) is 0. The van der Waals surface area contributed by atoms with E-state index in [0.717, 1.165) is 183 Å². The zero-order chi connectivity index (χ0) is 72.7. The number of para-hydroxylation sites is 4. The largest absolute Gasteiger partial charge is 0.461 e. The SMILES string of the molecule is Cc1nccn1CCCCCCCC(=O)OCC1=Cc2nc1c(-c1ccccc1NC(=O)C1(C)CCCCC1)c1ccc([nH]1)c(-c1ccccc1NC(=O)C1(C)CCCCC1)c1nc(c(-c3ccccc3NC(=O)C3(C)CCCCC3)c3ccc([nH]3)c2-c2ccccc2NC(=O)C2(C)CCCCC2)C=C1. The number of nitrogens with zero attached hydrogens (tertiary/aromatic N) is 4. The molecule has 6 heterocycles. The van der Waals surface area contributed by atoms with E-state index in [2.05, 4.69) is 74.5 Å². The van der Waals surface area contributed by atoms with Gasteiger partial charge in [-0.2, -0.15) is 0 Å². The molecule has 0 unspecified atom stereocenters. The number of ether oxygens (including phenoxy) is 1. The minimum atomic E-state index is -0.593. The average molecular weight is 1410 g/mol. The summed E-state index contributed by atoms with van der Waals surface area (Å²) in [5.41, 5.74) is 11.4. The first kappa shape index (κ1) is 72.0. The second kappa shape index (κ2) is 31.4. The third-order valence-corrected chi connectivity index (χ3v) is 23.8. The van der Waals surface area contributed by atoms with E-state index >= 15 is 4.79 Å². The topological polar surface area (TPSA) is 218 Å². The first-order valence-corrected chi connectivity index (χ1v) is 38.9. The number of hydrogen-bond donors (Lipinski definition) is 6. The highest BCUT2D eigenvalue weighted by Crippen LogP contribution is 2.48.